The molecule has 4 amide bonds. The number of ether oxygens (including phenoxy) is 1. The van der Waals surface area contributed by atoms with Gasteiger partial charge in [0.1, 0.15) is 23.7 Å². The van der Waals surface area contributed by atoms with Crippen molar-refractivity contribution >= 4 is 35.0 Å². The molecule has 0 aromatic heterocycles. The largest absolute Gasteiger partial charge is 0.489 e. The van der Waals surface area contributed by atoms with Gasteiger partial charge in [-0.05, 0) is 105 Å². The van der Waals surface area contributed by atoms with Gasteiger partial charge in [0.25, 0.3) is 11.8 Å². The molecule has 1 atom stereocenters. The molecule has 0 bridgehead atoms. The number of piperazine rings is 1. The lowest BCUT2D eigenvalue weighted by Crippen LogP contribution is -2.74. The maximum Gasteiger partial charge on any atom is 0.254 e. The summed E-state index contributed by atoms with van der Waals surface area (Å²) in [6.07, 6.45) is 2.32. The molecule has 3 aromatic carbocycles. The van der Waals surface area contributed by atoms with Crippen molar-refractivity contribution in [3.8, 4) is 11.8 Å². The van der Waals surface area contributed by atoms with E-state index in [1.54, 1.807) is 12.1 Å². The highest BCUT2D eigenvalue weighted by Crippen LogP contribution is 2.55. The minimum atomic E-state index is -0.871. The topological polar surface area (TPSA) is 147 Å². The molecule has 3 aliphatic heterocycles. The summed E-state index contributed by atoms with van der Waals surface area (Å²) < 4.78 is 21.3. The number of nitrogens with one attached hydrogen (secondary N) is 3. The van der Waals surface area contributed by atoms with Crippen LogP contribution >= 0.6 is 0 Å². The molecule has 3 heterocycles. The van der Waals surface area contributed by atoms with Gasteiger partial charge in [-0.25, -0.2) is 4.39 Å². The van der Waals surface area contributed by atoms with Crippen LogP contribution in [0.25, 0.3) is 0 Å². The summed E-state index contributed by atoms with van der Waals surface area (Å²) in [5.41, 5.74) is 4.21. The van der Waals surface area contributed by atoms with Gasteiger partial charge in [-0.1, -0.05) is 27.7 Å². The predicted molar refractivity (Wildman–Crippen MR) is 224 cm³/mol. The second kappa shape index (κ2) is 16.6. The first-order valence-electron chi connectivity index (χ1n) is 20.8. The minimum absolute atomic E-state index is 0.0971. The lowest BCUT2D eigenvalue weighted by Gasteiger charge is -2.63. The van der Waals surface area contributed by atoms with Crippen molar-refractivity contribution in [2.24, 2.45) is 16.7 Å². The number of hydrogen-bond donors (Lipinski definition) is 3. The SMILES string of the molecule is Cc1cc(O[C@H]2C(C)(C)[C@H](NC(=O)c3ccc(N4CCC(CN5CCN(c6ccc(F)c(C(=O)NC7CCC(=O)NC7=O)c6)CC5)CC4)cc3)C2(C)C)cc(C)c1C#N. The maximum absolute atomic E-state index is 14.7. The molecule has 312 valence electrons. The van der Waals surface area contributed by atoms with Gasteiger partial charge in [-0.3, -0.25) is 29.4 Å². The van der Waals surface area contributed by atoms with Crippen LogP contribution in [0.15, 0.2) is 54.6 Å². The first-order valence-corrected chi connectivity index (χ1v) is 20.8. The molecule has 12 nitrogen and oxygen atoms in total. The molecule has 1 unspecified atom stereocenters. The first-order chi connectivity index (χ1) is 28.0. The van der Waals surface area contributed by atoms with E-state index in [9.17, 15) is 28.8 Å². The fraction of sp³-hybridized carbons (Fsp3) is 0.500. The van der Waals surface area contributed by atoms with E-state index in [4.69, 9.17) is 4.74 Å². The fourth-order valence-corrected chi connectivity index (χ4v) is 10.0. The molecule has 13 heteroatoms. The van der Waals surface area contributed by atoms with Crippen LogP contribution in [0.3, 0.4) is 0 Å². The summed E-state index contributed by atoms with van der Waals surface area (Å²) in [6.45, 7) is 18.5. The molecule has 1 saturated carbocycles. The summed E-state index contributed by atoms with van der Waals surface area (Å²) in [6, 6.07) is 17.6. The van der Waals surface area contributed by atoms with Gasteiger partial charge in [0, 0.05) is 86.0 Å². The Morgan fingerprint density at radius 2 is 1.44 bits per heavy atom. The maximum atomic E-state index is 14.7. The van der Waals surface area contributed by atoms with Crippen molar-refractivity contribution in [2.45, 2.75) is 85.4 Å². The molecule has 4 fully saturated rings. The van der Waals surface area contributed by atoms with Gasteiger partial charge >= 0.3 is 0 Å². The third kappa shape index (κ3) is 8.65. The zero-order chi connectivity index (χ0) is 42.2. The monoisotopic (exact) mass is 805 g/mol. The number of benzene rings is 3. The van der Waals surface area contributed by atoms with Crippen LogP contribution in [0.4, 0.5) is 15.8 Å². The molecule has 1 aliphatic carbocycles. The van der Waals surface area contributed by atoms with Crippen molar-refractivity contribution in [2.75, 3.05) is 55.6 Å². The van der Waals surface area contributed by atoms with Gasteiger partial charge in [0.05, 0.1) is 17.2 Å². The number of rotatable bonds is 10. The Balaban J connectivity index is 0.857. The van der Waals surface area contributed by atoms with Gasteiger partial charge < -0.3 is 25.2 Å². The Labute approximate surface area is 346 Å². The molecule has 3 saturated heterocycles. The fourth-order valence-electron chi connectivity index (χ4n) is 10.0. The van der Waals surface area contributed by atoms with E-state index in [0.29, 0.717) is 17.0 Å². The van der Waals surface area contributed by atoms with Gasteiger partial charge in [0.15, 0.2) is 0 Å². The summed E-state index contributed by atoms with van der Waals surface area (Å²) in [5, 5.41) is 17.6. The highest BCUT2D eigenvalue weighted by Gasteiger charge is 2.64. The van der Waals surface area contributed by atoms with E-state index >= 15 is 0 Å². The standard InChI is InChI=1S/C46H56FN7O5/c1-28-23-34(24-29(2)36(28)26-48)59-44-45(3,4)43(46(44,5)6)51-40(56)31-7-9-32(10-8-31)53-17-15-30(16-18-53)27-52-19-21-54(22-20-52)33-11-12-37(47)35(25-33)41(57)49-38-13-14-39(55)50-42(38)58/h7-12,23-25,30,38,43-44H,13-22,27H2,1-6H3,(H,49,57)(H,51,56)(H,50,55,58)/t38?,43-,44-. The van der Waals surface area contributed by atoms with Crippen molar-refractivity contribution < 1.29 is 28.3 Å². The number of amides is 4. The lowest BCUT2D eigenvalue weighted by molar-refractivity contribution is -0.164. The number of piperidine rings is 2. The summed E-state index contributed by atoms with van der Waals surface area (Å²) in [7, 11) is 0. The molecule has 0 radical (unpaired) electrons. The van der Waals surface area contributed by atoms with Gasteiger partial charge in [-0.2, -0.15) is 5.26 Å². The normalized spacial score (nSPS) is 23.1. The van der Waals surface area contributed by atoms with E-state index in [-0.39, 0.29) is 53.2 Å². The third-order valence-corrected chi connectivity index (χ3v) is 13.1. The van der Waals surface area contributed by atoms with Crippen LogP contribution in [-0.4, -0.2) is 92.5 Å². The van der Waals surface area contributed by atoms with Crippen LogP contribution in [0.5, 0.6) is 5.75 Å². The number of halogens is 1. The Bertz CT molecular complexity index is 2110. The van der Waals surface area contributed by atoms with Crippen molar-refractivity contribution in [1.82, 2.24) is 20.9 Å². The molecule has 3 N–H and O–H groups in total. The second-order valence-electron chi connectivity index (χ2n) is 18.0. The van der Waals surface area contributed by atoms with Crippen LogP contribution in [-0.2, 0) is 9.59 Å². The second-order valence-corrected chi connectivity index (χ2v) is 18.0. The average Bonchev–Trinajstić information content (AvgIpc) is 3.20. The minimum Gasteiger partial charge on any atom is -0.489 e. The van der Waals surface area contributed by atoms with Gasteiger partial charge in [-0.15, -0.1) is 0 Å². The van der Waals surface area contributed by atoms with E-state index in [2.05, 4.69) is 64.4 Å². The van der Waals surface area contributed by atoms with E-state index < -0.39 is 23.7 Å². The lowest BCUT2D eigenvalue weighted by atomic mass is 9.49. The summed E-state index contributed by atoms with van der Waals surface area (Å²) >= 11 is 0. The van der Waals surface area contributed by atoms with Crippen molar-refractivity contribution in [3.05, 3.63) is 88.2 Å². The Hall–Kier alpha value is -5.48. The Morgan fingerprint density at radius 1 is 0.831 bits per heavy atom. The smallest absolute Gasteiger partial charge is 0.254 e. The number of anilines is 2. The first kappa shape index (κ1) is 41.7. The average molecular weight is 806 g/mol. The van der Waals surface area contributed by atoms with Crippen LogP contribution in [0.1, 0.15) is 90.8 Å². The van der Waals surface area contributed by atoms with Crippen LogP contribution in [0, 0.1) is 47.7 Å². The Kier molecular flexibility index (Phi) is 11.8. The number of nitriles is 1. The highest BCUT2D eigenvalue weighted by molar-refractivity contribution is 6.04. The van der Waals surface area contributed by atoms with Crippen LogP contribution in [0.2, 0.25) is 0 Å². The molecular weight excluding hydrogens is 750 g/mol. The number of aryl methyl sites for hydroxylation is 2. The quantitative estimate of drug-likeness (QED) is 0.226. The van der Waals surface area contributed by atoms with Crippen molar-refractivity contribution in [3.63, 3.8) is 0 Å². The zero-order valence-corrected chi connectivity index (χ0v) is 35.0. The van der Waals surface area contributed by atoms with E-state index in [1.165, 1.54) is 6.07 Å². The summed E-state index contributed by atoms with van der Waals surface area (Å²) in [4.78, 5) is 57.1. The summed E-state index contributed by atoms with van der Waals surface area (Å²) in [5.74, 6) is -1.06. The molecular formula is C46H56FN7O5. The molecule has 4 aliphatic rings. The van der Waals surface area contributed by atoms with Crippen LogP contribution < -0.4 is 30.5 Å². The molecule has 59 heavy (non-hydrogen) atoms. The van der Waals surface area contributed by atoms with Gasteiger partial charge in [0.2, 0.25) is 11.8 Å². The van der Waals surface area contributed by atoms with E-state index in [0.717, 1.165) is 86.9 Å². The van der Waals surface area contributed by atoms with E-state index in [1.807, 2.05) is 50.2 Å². The number of nitrogens with zero attached hydrogens (tertiary/aromatic N) is 4. The molecule has 3 aromatic rings. The van der Waals surface area contributed by atoms with Crippen molar-refractivity contribution in [1.29, 1.82) is 5.26 Å². The Morgan fingerprint density at radius 3 is 2.05 bits per heavy atom. The molecule has 0 spiro atoms. The predicted octanol–water partition coefficient (Wildman–Crippen LogP) is 5.50. The highest BCUT2D eigenvalue weighted by atomic mass is 19.1. The zero-order valence-electron chi connectivity index (χ0n) is 35.0. The number of imide groups is 1. The third-order valence-electron chi connectivity index (χ3n) is 13.1. The number of carbonyl (C=O) groups excluding carboxylic acids is 4. The number of carbonyl (C=O) groups is 4. The number of hydrogen-bond acceptors (Lipinski definition) is 9. The molecule has 7 rings (SSSR count).